The van der Waals surface area contributed by atoms with E-state index in [0.717, 1.165) is 6.07 Å². The van der Waals surface area contributed by atoms with E-state index in [2.05, 4.69) is 14.7 Å². The van der Waals surface area contributed by atoms with E-state index in [1.54, 1.807) is 18.2 Å². The minimum Gasteiger partial charge on any atom is -0.360 e. The molecule has 0 saturated heterocycles. The fourth-order valence-corrected chi connectivity index (χ4v) is 3.31. The monoisotopic (exact) mass is 325 g/mol. The Kier molecular flexibility index (Phi) is 3.30. The maximum Gasteiger partial charge on any atom is 0.265 e. The standard InChI is InChI=1S/C13H9ClFN3O2S/c14-8-3-4-9-11(6-8)17-7-12(9)21(19,20)18-13-10(15)2-1-5-16-13/h1-7,17H,(H,16,18). The second-order valence-corrected chi connectivity index (χ2v) is 6.37. The van der Waals surface area contributed by atoms with Gasteiger partial charge >= 0.3 is 0 Å². The van der Waals surface area contributed by atoms with Gasteiger partial charge in [0.2, 0.25) is 0 Å². The van der Waals surface area contributed by atoms with Gasteiger partial charge in [0.05, 0.1) is 0 Å². The Morgan fingerprint density at radius 1 is 1.29 bits per heavy atom. The Morgan fingerprint density at radius 2 is 2.10 bits per heavy atom. The summed E-state index contributed by atoms with van der Waals surface area (Å²) in [5, 5.41) is 0.945. The Bertz CT molecular complexity index is 924. The van der Waals surface area contributed by atoms with Crippen LogP contribution in [0.3, 0.4) is 0 Å². The highest BCUT2D eigenvalue weighted by Crippen LogP contribution is 2.26. The van der Waals surface area contributed by atoms with Crippen LogP contribution < -0.4 is 4.72 Å². The van der Waals surface area contributed by atoms with E-state index in [0.29, 0.717) is 15.9 Å². The van der Waals surface area contributed by atoms with Gasteiger partial charge in [0, 0.05) is 28.3 Å². The molecule has 1 aromatic carbocycles. The number of aromatic amines is 1. The zero-order valence-corrected chi connectivity index (χ0v) is 12.0. The average Bonchev–Trinajstić information content (AvgIpc) is 2.85. The first-order valence-electron chi connectivity index (χ1n) is 5.87. The lowest BCUT2D eigenvalue weighted by Crippen LogP contribution is -2.14. The van der Waals surface area contributed by atoms with E-state index < -0.39 is 15.8 Å². The molecule has 0 aliphatic carbocycles. The molecule has 0 spiro atoms. The van der Waals surface area contributed by atoms with Crippen LogP contribution in [0.15, 0.2) is 47.6 Å². The largest absolute Gasteiger partial charge is 0.360 e. The van der Waals surface area contributed by atoms with Gasteiger partial charge in [-0.25, -0.2) is 17.8 Å². The molecule has 5 nitrogen and oxygen atoms in total. The van der Waals surface area contributed by atoms with Crippen LogP contribution in [0.5, 0.6) is 0 Å². The quantitative estimate of drug-likeness (QED) is 0.776. The third-order valence-electron chi connectivity index (χ3n) is 2.88. The van der Waals surface area contributed by atoms with E-state index in [1.807, 2.05) is 0 Å². The fourth-order valence-electron chi connectivity index (χ4n) is 1.94. The summed E-state index contributed by atoms with van der Waals surface area (Å²) in [6.45, 7) is 0. The summed E-state index contributed by atoms with van der Waals surface area (Å²) < 4.78 is 40.3. The number of pyridine rings is 1. The van der Waals surface area contributed by atoms with Crippen LogP contribution in [-0.4, -0.2) is 18.4 Å². The minimum atomic E-state index is -3.96. The molecular weight excluding hydrogens is 317 g/mol. The zero-order chi connectivity index (χ0) is 15.0. The normalized spacial score (nSPS) is 11.7. The fraction of sp³-hybridized carbons (Fsp3) is 0. The number of nitrogens with zero attached hydrogens (tertiary/aromatic N) is 1. The average molecular weight is 326 g/mol. The number of nitrogens with one attached hydrogen (secondary N) is 2. The lowest BCUT2D eigenvalue weighted by Gasteiger charge is -2.06. The number of hydrogen-bond donors (Lipinski definition) is 2. The third-order valence-corrected chi connectivity index (χ3v) is 4.50. The van der Waals surface area contributed by atoms with Crippen LogP contribution in [0.2, 0.25) is 5.02 Å². The molecule has 0 bridgehead atoms. The predicted octanol–water partition coefficient (Wildman–Crippen LogP) is 3.16. The number of sulfonamides is 1. The van der Waals surface area contributed by atoms with Crippen LogP contribution in [0.1, 0.15) is 0 Å². The van der Waals surface area contributed by atoms with Gasteiger partial charge in [-0.15, -0.1) is 0 Å². The van der Waals surface area contributed by atoms with Crippen LogP contribution in [0.4, 0.5) is 10.2 Å². The van der Waals surface area contributed by atoms with E-state index in [1.165, 1.54) is 18.5 Å². The summed E-state index contributed by atoms with van der Waals surface area (Å²) in [6.07, 6.45) is 2.63. The molecule has 2 aromatic heterocycles. The van der Waals surface area contributed by atoms with Crippen molar-refractivity contribution in [2.75, 3.05) is 4.72 Å². The molecule has 2 N–H and O–H groups in total. The molecule has 0 amide bonds. The maximum absolute atomic E-state index is 13.5. The topological polar surface area (TPSA) is 74.8 Å². The predicted molar refractivity (Wildman–Crippen MR) is 78.3 cm³/mol. The number of rotatable bonds is 3. The summed E-state index contributed by atoms with van der Waals surface area (Å²) in [5.41, 5.74) is 0.573. The second-order valence-electron chi connectivity index (χ2n) is 4.28. The number of H-pyrrole nitrogens is 1. The van der Waals surface area contributed by atoms with Crippen molar-refractivity contribution in [3.8, 4) is 0 Å². The van der Waals surface area contributed by atoms with Crippen molar-refractivity contribution in [2.45, 2.75) is 4.90 Å². The molecule has 2 heterocycles. The number of anilines is 1. The molecule has 0 saturated carbocycles. The maximum atomic E-state index is 13.5. The smallest absolute Gasteiger partial charge is 0.265 e. The van der Waals surface area contributed by atoms with Crippen LogP contribution in [-0.2, 0) is 10.0 Å². The molecule has 8 heteroatoms. The van der Waals surface area contributed by atoms with Gasteiger partial charge in [-0.1, -0.05) is 11.6 Å². The van der Waals surface area contributed by atoms with Gasteiger partial charge in [0.15, 0.2) is 11.6 Å². The molecule has 3 rings (SSSR count). The Balaban J connectivity index is 2.07. The van der Waals surface area contributed by atoms with Gasteiger partial charge in [-0.05, 0) is 30.3 Å². The summed E-state index contributed by atoms with van der Waals surface area (Å²) in [7, 11) is -3.96. The minimum absolute atomic E-state index is 0.000722. The molecule has 0 unspecified atom stereocenters. The van der Waals surface area contributed by atoms with Crippen LogP contribution in [0.25, 0.3) is 10.9 Å². The van der Waals surface area contributed by atoms with Crippen LogP contribution in [0, 0.1) is 5.82 Å². The van der Waals surface area contributed by atoms with Crippen molar-refractivity contribution in [1.82, 2.24) is 9.97 Å². The van der Waals surface area contributed by atoms with E-state index in [-0.39, 0.29) is 10.7 Å². The molecule has 0 fully saturated rings. The van der Waals surface area contributed by atoms with Gasteiger partial charge in [0.1, 0.15) is 4.90 Å². The second kappa shape index (κ2) is 5.01. The van der Waals surface area contributed by atoms with Crippen molar-refractivity contribution in [2.24, 2.45) is 0 Å². The third kappa shape index (κ3) is 2.57. The van der Waals surface area contributed by atoms with Crippen molar-refractivity contribution < 1.29 is 12.8 Å². The van der Waals surface area contributed by atoms with Gasteiger partial charge < -0.3 is 4.98 Å². The first-order chi connectivity index (χ1) is 9.97. The number of benzene rings is 1. The summed E-state index contributed by atoms with van der Waals surface area (Å²) in [6, 6.07) is 7.27. The van der Waals surface area contributed by atoms with Crippen molar-refractivity contribution in [3.63, 3.8) is 0 Å². The van der Waals surface area contributed by atoms with Gasteiger partial charge in [0.25, 0.3) is 10.0 Å². The molecule has 0 aliphatic rings. The highest BCUT2D eigenvalue weighted by Gasteiger charge is 2.21. The lowest BCUT2D eigenvalue weighted by atomic mass is 10.2. The summed E-state index contributed by atoms with van der Waals surface area (Å²) in [5.74, 6) is -1.09. The molecule has 21 heavy (non-hydrogen) atoms. The number of hydrogen-bond acceptors (Lipinski definition) is 3. The highest BCUT2D eigenvalue weighted by molar-refractivity contribution is 7.93. The van der Waals surface area contributed by atoms with E-state index in [4.69, 9.17) is 11.6 Å². The molecule has 0 radical (unpaired) electrons. The van der Waals surface area contributed by atoms with Crippen molar-refractivity contribution in [1.29, 1.82) is 0 Å². The molecule has 3 aromatic rings. The first kappa shape index (κ1) is 13.8. The van der Waals surface area contributed by atoms with E-state index in [9.17, 15) is 12.8 Å². The summed E-state index contributed by atoms with van der Waals surface area (Å²) in [4.78, 5) is 6.49. The van der Waals surface area contributed by atoms with Gasteiger partial charge in [-0.2, -0.15) is 0 Å². The van der Waals surface area contributed by atoms with E-state index >= 15 is 0 Å². The van der Waals surface area contributed by atoms with Crippen LogP contribution >= 0.6 is 11.6 Å². The number of aromatic nitrogens is 2. The van der Waals surface area contributed by atoms with Crippen molar-refractivity contribution in [3.05, 3.63) is 53.6 Å². The Labute approximate surface area is 124 Å². The lowest BCUT2D eigenvalue weighted by molar-refractivity contribution is 0.598. The Morgan fingerprint density at radius 3 is 2.86 bits per heavy atom. The molecular formula is C13H9ClFN3O2S. The van der Waals surface area contributed by atoms with Gasteiger partial charge in [-0.3, -0.25) is 4.72 Å². The summed E-state index contributed by atoms with van der Waals surface area (Å²) >= 11 is 5.85. The number of halogens is 2. The molecule has 0 atom stereocenters. The molecule has 0 aliphatic heterocycles. The first-order valence-corrected chi connectivity index (χ1v) is 7.73. The number of fused-ring (bicyclic) bond motifs is 1. The zero-order valence-electron chi connectivity index (χ0n) is 10.5. The highest BCUT2D eigenvalue weighted by atomic mass is 35.5. The Hall–Kier alpha value is -2.12. The SMILES string of the molecule is O=S(=O)(Nc1ncccc1F)c1c[nH]c2cc(Cl)ccc12. The van der Waals surface area contributed by atoms with Crippen molar-refractivity contribution >= 4 is 38.3 Å². The molecule has 108 valence electrons.